The van der Waals surface area contributed by atoms with Gasteiger partial charge in [0.1, 0.15) is 5.69 Å². The molecule has 0 N–H and O–H groups in total. The van der Waals surface area contributed by atoms with Crippen molar-refractivity contribution >= 4 is 17.0 Å². The lowest BCUT2D eigenvalue weighted by Crippen LogP contribution is -2.32. The highest BCUT2D eigenvalue weighted by Gasteiger charge is 2.22. The lowest BCUT2D eigenvalue weighted by molar-refractivity contribution is 0.0752. The Morgan fingerprint density at radius 2 is 1.86 bits per heavy atom. The van der Waals surface area contributed by atoms with Crippen molar-refractivity contribution in [2.45, 2.75) is 20.0 Å². The number of rotatable bonds is 7. The summed E-state index contributed by atoms with van der Waals surface area (Å²) in [5.41, 5.74) is 5.74. The Morgan fingerprint density at radius 1 is 1.10 bits per heavy atom. The number of nitrogens with zero attached hydrogens (tertiary/aromatic N) is 2. The highest BCUT2D eigenvalue weighted by molar-refractivity contribution is 5.97. The summed E-state index contributed by atoms with van der Waals surface area (Å²) >= 11 is 0. The van der Waals surface area contributed by atoms with Gasteiger partial charge in [0, 0.05) is 31.8 Å². The van der Waals surface area contributed by atoms with E-state index in [0.717, 1.165) is 16.7 Å². The lowest BCUT2D eigenvalue weighted by atomic mass is 10.1. The van der Waals surface area contributed by atoms with E-state index in [-0.39, 0.29) is 5.91 Å². The van der Waals surface area contributed by atoms with Gasteiger partial charge in [-0.25, -0.2) is 0 Å². The average Bonchev–Trinajstić information content (AvgIpc) is 3.32. The van der Waals surface area contributed by atoms with Gasteiger partial charge in [0.2, 0.25) is 0 Å². The van der Waals surface area contributed by atoms with E-state index in [0.29, 0.717) is 25.3 Å². The fourth-order valence-electron chi connectivity index (χ4n) is 3.62. The summed E-state index contributed by atoms with van der Waals surface area (Å²) in [6, 6.07) is 22.0. The van der Waals surface area contributed by atoms with Crippen LogP contribution >= 0.6 is 0 Å². The Morgan fingerprint density at radius 3 is 2.62 bits per heavy atom. The first kappa shape index (κ1) is 18.8. The molecular formula is C25H24N2O2. The molecular weight excluding hydrogens is 360 g/mol. The molecule has 146 valence electrons. The smallest absolute Gasteiger partial charge is 0.271 e. The zero-order valence-electron chi connectivity index (χ0n) is 16.5. The van der Waals surface area contributed by atoms with Crippen molar-refractivity contribution < 1.29 is 9.21 Å². The quantitative estimate of drug-likeness (QED) is 0.399. The molecule has 0 spiro atoms. The van der Waals surface area contributed by atoms with Crippen LogP contribution < -0.4 is 0 Å². The summed E-state index contributed by atoms with van der Waals surface area (Å²) in [7, 11) is 0. The van der Waals surface area contributed by atoms with Crippen molar-refractivity contribution in [3.8, 4) is 0 Å². The number of benzene rings is 2. The van der Waals surface area contributed by atoms with Gasteiger partial charge in [-0.15, -0.1) is 6.58 Å². The second-order valence-corrected chi connectivity index (χ2v) is 7.17. The first-order chi connectivity index (χ1) is 14.2. The maximum Gasteiger partial charge on any atom is 0.271 e. The summed E-state index contributed by atoms with van der Waals surface area (Å²) in [4.78, 5) is 15.3. The third-order valence-electron chi connectivity index (χ3n) is 5.18. The van der Waals surface area contributed by atoms with Crippen molar-refractivity contribution in [1.29, 1.82) is 0 Å². The molecule has 4 heteroatoms. The Labute approximate surface area is 170 Å². The van der Waals surface area contributed by atoms with Crippen LogP contribution in [0, 0.1) is 6.92 Å². The largest absolute Gasteiger partial charge is 0.463 e. The first-order valence-corrected chi connectivity index (χ1v) is 9.72. The molecule has 0 saturated heterocycles. The Kier molecular flexibility index (Phi) is 5.34. The monoisotopic (exact) mass is 384 g/mol. The summed E-state index contributed by atoms with van der Waals surface area (Å²) < 4.78 is 7.65. The number of aromatic nitrogens is 1. The highest BCUT2D eigenvalue weighted by atomic mass is 16.3. The van der Waals surface area contributed by atoms with Crippen molar-refractivity contribution in [2.75, 3.05) is 6.54 Å². The van der Waals surface area contributed by atoms with Gasteiger partial charge in [-0.3, -0.25) is 4.79 Å². The summed E-state index contributed by atoms with van der Waals surface area (Å²) in [6.45, 7) is 7.55. The first-order valence-electron chi connectivity index (χ1n) is 9.72. The van der Waals surface area contributed by atoms with E-state index in [4.69, 9.17) is 4.42 Å². The molecule has 0 aliphatic rings. The molecule has 4 aromatic rings. The topological polar surface area (TPSA) is 38.4 Å². The fraction of sp³-hybridized carbons (Fsp3) is 0.160. The maximum atomic E-state index is 13.5. The molecule has 2 aromatic carbocycles. The van der Waals surface area contributed by atoms with Gasteiger partial charge in [0.15, 0.2) is 5.58 Å². The number of furan rings is 1. The Bertz CT molecular complexity index is 1140. The van der Waals surface area contributed by atoms with E-state index in [1.807, 2.05) is 64.1 Å². The van der Waals surface area contributed by atoms with Crippen LogP contribution in [0.2, 0.25) is 0 Å². The van der Waals surface area contributed by atoms with Crippen molar-refractivity contribution in [3.63, 3.8) is 0 Å². The second-order valence-electron chi connectivity index (χ2n) is 7.17. The molecule has 0 aliphatic carbocycles. The van der Waals surface area contributed by atoms with Crippen molar-refractivity contribution in [3.05, 3.63) is 108 Å². The zero-order valence-corrected chi connectivity index (χ0v) is 16.5. The predicted molar refractivity (Wildman–Crippen MR) is 116 cm³/mol. The van der Waals surface area contributed by atoms with Gasteiger partial charge in [-0.1, -0.05) is 60.7 Å². The van der Waals surface area contributed by atoms with Crippen LogP contribution in [-0.2, 0) is 13.1 Å². The number of carbonyl (C=O) groups is 1. The number of amides is 1. The molecule has 0 bridgehead atoms. The van der Waals surface area contributed by atoms with Crippen LogP contribution in [0.15, 0.2) is 90.1 Å². The summed E-state index contributed by atoms with van der Waals surface area (Å²) in [5.74, 6) is -0.0336. The zero-order chi connectivity index (χ0) is 20.2. The van der Waals surface area contributed by atoms with E-state index in [1.54, 1.807) is 12.3 Å². The molecule has 2 aromatic heterocycles. The average molecular weight is 384 g/mol. The molecule has 4 nitrogen and oxygen atoms in total. The highest BCUT2D eigenvalue weighted by Crippen LogP contribution is 2.25. The van der Waals surface area contributed by atoms with Crippen LogP contribution in [0.4, 0.5) is 0 Å². The molecule has 29 heavy (non-hydrogen) atoms. The number of carbonyl (C=O) groups excluding carboxylic acids is 1. The minimum atomic E-state index is -0.0336. The molecule has 0 unspecified atom stereocenters. The summed E-state index contributed by atoms with van der Waals surface area (Å²) in [6.07, 6.45) is 3.43. The van der Waals surface area contributed by atoms with Crippen LogP contribution in [0.1, 0.15) is 27.2 Å². The Balaban J connectivity index is 1.71. The number of fused-ring (bicyclic) bond motifs is 1. The lowest BCUT2D eigenvalue weighted by Gasteiger charge is -2.22. The SMILES string of the molecule is C=CCN(Cc1ccccc1)C(=O)c1cc2occc2n1Cc1ccccc1C. The number of hydrogen-bond acceptors (Lipinski definition) is 2. The molecule has 2 heterocycles. The van der Waals surface area contributed by atoms with Crippen LogP contribution in [0.25, 0.3) is 11.1 Å². The molecule has 1 amide bonds. The van der Waals surface area contributed by atoms with Crippen LogP contribution in [0.3, 0.4) is 0 Å². The molecule has 0 aliphatic heterocycles. The van der Waals surface area contributed by atoms with E-state index in [1.165, 1.54) is 11.1 Å². The molecule has 0 atom stereocenters. The molecule has 0 fully saturated rings. The second kappa shape index (κ2) is 8.23. The standard InChI is InChI=1S/C25H24N2O2/c1-3-14-26(17-20-10-5-4-6-11-20)25(28)23-16-24-22(13-15-29-24)27(23)18-21-12-8-7-9-19(21)2/h3-13,15-16H,1,14,17-18H2,2H3. The van der Waals surface area contributed by atoms with Gasteiger partial charge in [-0.2, -0.15) is 0 Å². The van der Waals surface area contributed by atoms with Gasteiger partial charge in [0.25, 0.3) is 5.91 Å². The fourth-order valence-corrected chi connectivity index (χ4v) is 3.62. The Hall–Kier alpha value is -3.53. The van der Waals surface area contributed by atoms with Crippen LogP contribution in [0.5, 0.6) is 0 Å². The molecule has 0 saturated carbocycles. The van der Waals surface area contributed by atoms with Gasteiger partial charge >= 0.3 is 0 Å². The van der Waals surface area contributed by atoms with E-state index in [2.05, 4.69) is 25.6 Å². The van der Waals surface area contributed by atoms with Crippen LogP contribution in [-0.4, -0.2) is 21.9 Å². The third-order valence-corrected chi connectivity index (χ3v) is 5.18. The minimum absolute atomic E-state index is 0.0336. The van der Waals surface area contributed by atoms with Gasteiger partial charge in [-0.05, 0) is 23.6 Å². The number of aryl methyl sites for hydroxylation is 1. The van der Waals surface area contributed by atoms with Gasteiger partial charge in [0.05, 0.1) is 11.8 Å². The molecule has 0 radical (unpaired) electrons. The van der Waals surface area contributed by atoms with Crippen molar-refractivity contribution in [1.82, 2.24) is 9.47 Å². The van der Waals surface area contributed by atoms with E-state index < -0.39 is 0 Å². The summed E-state index contributed by atoms with van der Waals surface area (Å²) in [5, 5.41) is 0. The minimum Gasteiger partial charge on any atom is -0.463 e. The van der Waals surface area contributed by atoms with E-state index >= 15 is 0 Å². The number of hydrogen-bond donors (Lipinski definition) is 0. The van der Waals surface area contributed by atoms with E-state index in [9.17, 15) is 4.79 Å². The maximum absolute atomic E-state index is 13.5. The predicted octanol–water partition coefficient (Wildman–Crippen LogP) is 5.42. The molecule has 4 rings (SSSR count). The third kappa shape index (κ3) is 3.87. The normalized spacial score (nSPS) is 10.9. The van der Waals surface area contributed by atoms with Crippen molar-refractivity contribution in [2.24, 2.45) is 0 Å². The van der Waals surface area contributed by atoms with Gasteiger partial charge < -0.3 is 13.9 Å².